The van der Waals surface area contributed by atoms with Crippen molar-refractivity contribution in [3.63, 3.8) is 0 Å². The van der Waals surface area contributed by atoms with Crippen LogP contribution in [0, 0.1) is 11.3 Å². The fourth-order valence-electron chi connectivity index (χ4n) is 6.26. The van der Waals surface area contributed by atoms with Crippen LogP contribution in [0.25, 0.3) is 5.65 Å². The van der Waals surface area contributed by atoms with E-state index in [0.29, 0.717) is 0 Å². The van der Waals surface area contributed by atoms with Gasteiger partial charge in [-0.15, -0.1) is 4.72 Å². The van der Waals surface area contributed by atoms with E-state index in [2.05, 4.69) is 20.1 Å². The molecule has 6 rings (SSSR count). The first kappa shape index (κ1) is 38.3. The number of fused-ring (bicyclic) bond motifs is 2. The maximum Gasteiger partial charge on any atom is 0.394 e. The molecule has 4 heterocycles. The van der Waals surface area contributed by atoms with Crippen LogP contribution in [0.15, 0.2) is 42.7 Å². The number of urea groups is 1. The van der Waals surface area contributed by atoms with E-state index in [0.717, 1.165) is 4.90 Å². The monoisotopic (exact) mass is 769 g/mol. The molecule has 2 aliphatic heterocycles. The molecule has 2 fully saturated rings. The lowest BCUT2D eigenvalue weighted by molar-refractivity contribution is -0.199. The van der Waals surface area contributed by atoms with Crippen LogP contribution in [0.3, 0.4) is 0 Å². The quantitative estimate of drug-likeness (QED) is 0.154. The zero-order valence-electron chi connectivity index (χ0n) is 28.9. The molecule has 2 N–H and O–H groups in total. The number of methoxy groups -OCH3 is 1. The molecule has 1 aromatic carbocycles. The fourth-order valence-corrected chi connectivity index (χ4v) is 7.13. The van der Waals surface area contributed by atoms with Gasteiger partial charge in [0.15, 0.2) is 5.65 Å². The van der Waals surface area contributed by atoms with Gasteiger partial charge in [0.25, 0.3) is 17.7 Å². The van der Waals surface area contributed by atoms with Gasteiger partial charge in [-0.05, 0) is 58.2 Å². The van der Waals surface area contributed by atoms with Crippen LogP contribution in [0.4, 0.5) is 26.7 Å². The van der Waals surface area contributed by atoms with E-state index in [1.54, 1.807) is 20.8 Å². The molecule has 0 bridgehead atoms. The predicted octanol–water partition coefficient (Wildman–Crippen LogP) is 4.27. The molecule has 4 amide bonds. The molecular formula is C33H36F5N7O7S. The normalized spacial score (nSPS) is 20.5. The lowest BCUT2D eigenvalue weighted by atomic mass is 9.85. The van der Waals surface area contributed by atoms with Crippen molar-refractivity contribution in [1.29, 1.82) is 0 Å². The molecule has 0 radical (unpaired) electrons. The zero-order valence-corrected chi connectivity index (χ0v) is 29.7. The third kappa shape index (κ3) is 7.54. The van der Waals surface area contributed by atoms with Crippen molar-refractivity contribution in [1.82, 2.24) is 34.6 Å². The Hall–Kier alpha value is -4.40. The van der Waals surface area contributed by atoms with E-state index in [1.165, 1.54) is 54.4 Å². The number of ether oxygens (including phenoxy) is 1. The number of amides is 4. The highest BCUT2D eigenvalue weighted by molar-refractivity contribution is 7.90. The number of benzene rings is 1. The Morgan fingerprint density at radius 3 is 2.32 bits per heavy atom. The third-order valence-corrected chi connectivity index (χ3v) is 11.0. The number of imidazole rings is 1. The molecule has 20 heteroatoms. The molecule has 1 aliphatic carbocycles. The molecule has 1 saturated heterocycles. The number of halogens is 5. The van der Waals surface area contributed by atoms with Crippen molar-refractivity contribution in [2.45, 2.75) is 69.0 Å². The van der Waals surface area contributed by atoms with Crippen LogP contribution in [0.1, 0.15) is 84.1 Å². The van der Waals surface area contributed by atoms with Crippen molar-refractivity contribution in [2.75, 3.05) is 26.8 Å². The first-order chi connectivity index (χ1) is 24.7. The van der Waals surface area contributed by atoms with Crippen LogP contribution in [0.2, 0.25) is 0 Å². The highest BCUT2D eigenvalue weighted by Crippen LogP contribution is 2.62. The van der Waals surface area contributed by atoms with E-state index in [4.69, 9.17) is 9.57 Å². The fraction of sp³-hybridized carbons (Fsp3) is 0.515. The summed E-state index contributed by atoms with van der Waals surface area (Å²) in [4.78, 5) is 63.6. The molecule has 1 saturated carbocycles. The van der Waals surface area contributed by atoms with Gasteiger partial charge < -0.3 is 24.3 Å². The first-order valence-electron chi connectivity index (χ1n) is 16.5. The summed E-state index contributed by atoms with van der Waals surface area (Å²) in [5.74, 6) is -8.44. The number of carbonyl (C=O) groups is 4. The standard InChI is InChI=1S/C33H36F5N7O7S/c1-30(2,3)53(50)42-25(22-14-44-24(41-22)11-18(13-40-44)23(15-51-4)43-17-32(34,35)16-39-29(43)49)21(12-31(9-10-31)33(36,37)38)28(48)52-45-26(46)19-7-5-6-8-20(19)27(45)47/h5-8,11,13-14,21,23,25,42H,9-10,12,15-17H2,1-4H3,(H,39,49)/t21?,23-,25?,53?/m1/s1. The number of hydrogen-bond donors (Lipinski definition) is 2. The molecule has 3 unspecified atom stereocenters. The Morgan fingerprint density at radius 2 is 1.75 bits per heavy atom. The average molecular weight is 770 g/mol. The summed E-state index contributed by atoms with van der Waals surface area (Å²) in [5, 5.41) is 6.62. The van der Waals surface area contributed by atoms with E-state index in [1.807, 2.05) is 0 Å². The van der Waals surface area contributed by atoms with Gasteiger partial charge in [-0.25, -0.2) is 27.9 Å². The number of rotatable bonds is 12. The van der Waals surface area contributed by atoms with Crippen LogP contribution < -0.4 is 10.0 Å². The molecule has 4 atom stereocenters. The number of imide groups is 1. The van der Waals surface area contributed by atoms with Gasteiger partial charge in [0, 0.05) is 24.0 Å². The van der Waals surface area contributed by atoms with Crippen molar-refractivity contribution < 1.29 is 55.3 Å². The van der Waals surface area contributed by atoms with Crippen molar-refractivity contribution in [3.8, 4) is 0 Å². The number of alkyl halides is 5. The smallest absolute Gasteiger partial charge is 0.394 e. The van der Waals surface area contributed by atoms with Crippen LogP contribution >= 0.6 is 0 Å². The lowest BCUT2D eigenvalue weighted by Crippen LogP contribution is -2.58. The molecule has 2 aromatic heterocycles. The summed E-state index contributed by atoms with van der Waals surface area (Å²) >= 11 is -2.03. The van der Waals surface area contributed by atoms with Crippen LogP contribution in [0.5, 0.6) is 0 Å². The van der Waals surface area contributed by atoms with Gasteiger partial charge in [-0.2, -0.15) is 18.3 Å². The first-order valence-corrected chi connectivity index (χ1v) is 17.6. The summed E-state index contributed by atoms with van der Waals surface area (Å²) in [6.45, 7) is 2.79. The summed E-state index contributed by atoms with van der Waals surface area (Å²) in [7, 11) is 1.31. The highest BCUT2D eigenvalue weighted by atomic mass is 32.2. The minimum absolute atomic E-state index is 0.0283. The summed E-state index contributed by atoms with van der Waals surface area (Å²) in [6.07, 6.45) is -3.71. The van der Waals surface area contributed by atoms with Crippen LogP contribution in [-0.2, 0) is 25.7 Å². The second-order valence-electron chi connectivity index (χ2n) is 14.3. The van der Waals surface area contributed by atoms with E-state index < -0.39 is 94.9 Å². The van der Waals surface area contributed by atoms with Gasteiger partial charge in [0.2, 0.25) is 0 Å². The van der Waals surface area contributed by atoms with Gasteiger partial charge in [0.05, 0.1) is 66.3 Å². The zero-order chi connectivity index (χ0) is 38.7. The SMILES string of the molecule is COC[C@H](c1cnn2cc(C(N[S+]([O-])C(C)(C)C)C(CC3(C(F)(F)F)CC3)C(=O)ON3C(=O)c4ccccc4C3=O)nc2c1)N1CC(F)(F)CNC1=O. The molecule has 286 valence electrons. The number of aromatic nitrogens is 3. The number of nitrogens with one attached hydrogen (secondary N) is 2. The molecule has 0 spiro atoms. The number of carbonyl (C=O) groups excluding carboxylic acids is 4. The molecule has 3 aliphatic rings. The Kier molecular flexibility index (Phi) is 9.97. The largest absolute Gasteiger partial charge is 0.598 e. The van der Waals surface area contributed by atoms with E-state index >= 15 is 0 Å². The summed E-state index contributed by atoms with van der Waals surface area (Å²) < 4.78 is 93.8. The Balaban J connectivity index is 1.40. The number of nitrogens with zero attached hydrogens (tertiary/aromatic N) is 5. The summed E-state index contributed by atoms with van der Waals surface area (Å²) in [6, 6.07) is 3.64. The Labute approximate surface area is 302 Å². The number of hydroxylamine groups is 2. The maximum atomic E-state index is 14.5. The Bertz CT molecular complexity index is 1900. The Morgan fingerprint density at radius 1 is 1.11 bits per heavy atom. The van der Waals surface area contributed by atoms with E-state index in [9.17, 15) is 45.7 Å². The van der Waals surface area contributed by atoms with Crippen molar-refractivity contribution >= 4 is 40.8 Å². The topological polar surface area (TPSA) is 171 Å². The highest BCUT2D eigenvalue weighted by Gasteiger charge is 2.65. The number of hydrogen-bond acceptors (Lipinski definition) is 10. The second kappa shape index (κ2) is 13.8. The van der Waals surface area contributed by atoms with Gasteiger partial charge in [0.1, 0.15) is 10.8 Å². The van der Waals surface area contributed by atoms with Crippen molar-refractivity contribution in [2.24, 2.45) is 11.3 Å². The van der Waals surface area contributed by atoms with Gasteiger partial charge in [-0.1, -0.05) is 17.2 Å². The van der Waals surface area contributed by atoms with Crippen LogP contribution in [-0.4, -0.2) is 96.6 Å². The van der Waals surface area contributed by atoms with Gasteiger partial charge in [-0.3, -0.25) is 9.59 Å². The minimum Gasteiger partial charge on any atom is -0.598 e. The predicted molar refractivity (Wildman–Crippen MR) is 175 cm³/mol. The molecule has 14 nitrogen and oxygen atoms in total. The summed E-state index contributed by atoms with van der Waals surface area (Å²) in [5.41, 5.74) is -2.32. The molecule has 3 aromatic rings. The average Bonchev–Trinajstić information content (AvgIpc) is 3.72. The van der Waals surface area contributed by atoms with Crippen molar-refractivity contribution in [3.05, 3.63) is 65.1 Å². The van der Waals surface area contributed by atoms with Gasteiger partial charge >= 0.3 is 18.2 Å². The third-order valence-electron chi connectivity index (χ3n) is 9.42. The second-order valence-corrected chi connectivity index (χ2v) is 16.3. The molecular weight excluding hydrogens is 733 g/mol. The van der Waals surface area contributed by atoms with E-state index in [-0.39, 0.29) is 52.5 Å². The minimum atomic E-state index is -4.75. The molecule has 53 heavy (non-hydrogen) atoms. The lowest BCUT2D eigenvalue weighted by Gasteiger charge is -2.38. The maximum absolute atomic E-state index is 14.5.